The van der Waals surface area contributed by atoms with Gasteiger partial charge in [-0.1, -0.05) is 25.0 Å². The molecule has 2 heterocycles. The van der Waals surface area contributed by atoms with E-state index in [0.717, 1.165) is 31.4 Å². The summed E-state index contributed by atoms with van der Waals surface area (Å²) in [5.74, 6) is -0.0604. The van der Waals surface area contributed by atoms with Crippen molar-refractivity contribution in [2.75, 3.05) is 13.1 Å². The highest BCUT2D eigenvalue weighted by Gasteiger charge is 2.18. The molecule has 1 aromatic heterocycles. The molecule has 0 spiro atoms. The van der Waals surface area contributed by atoms with Crippen LogP contribution < -0.4 is 5.43 Å². The second-order valence-electron chi connectivity index (χ2n) is 5.30. The van der Waals surface area contributed by atoms with Gasteiger partial charge >= 0.3 is 0 Å². The summed E-state index contributed by atoms with van der Waals surface area (Å²) < 4.78 is 0. The molecule has 1 aliphatic rings. The van der Waals surface area contributed by atoms with Crippen LogP contribution in [0.5, 0.6) is 0 Å². The molecule has 1 aromatic carbocycles. The third-order valence-electron chi connectivity index (χ3n) is 3.86. The Morgan fingerprint density at radius 2 is 1.75 bits per heavy atom. The standard InChI is InChI=1S/C16H18N2O2/c19-15-11-14(17-13-8-4-3-7-12(13)15)16(20)18-9-5-1-2-6-10-18/h3-4,7-8,11H,1-2,5-6,9-10H2,(H,17,19). The first-order valence-electron chi connectivity index (χ1n) is 7.17. The summed E-state index contributed by atoms with van der Waals surface area (Å²) in [6.07, 6.45) is 4.45. The zero-order valence-electron chi connectivity index (χ0n) is 11.4. The van der Waals surface area contributed by atoms with Crippen LogP contribution in [0.2, 0.25) is 0 Å². The lowest BCUT2D eigenvalue weighted by molar-refractivity contribution is 0.0756. The van der Waals surface area contributed by atoms with Crippen LogP contribution in [0.15, 0.2) is 35.1 Å². The Kier molecular flexibility index (Phi) is 3.54. The molecule has 0 bridgehead atoms. The fraction of sp³-hybridized carbons (Fsp3) is 0.375. The van der Waals surface area contributed by atoms with Crippen LogP contribution in [0.1, 0.15) is 36.2 Å². The largest absolute Gasteiger partial charge is 0.350 e. The highest BCUT2D eigenvalue weighted by molar-refractivity contribution is 5.94. The molecule has 3 rings (SSSR count). The van der Waals surface area contributed by atoms with Gasteiger partial charge in [-0.3, -0.25) is 9.59 Å². The number of nitrogens with zero attached hydrogens (tertiary/aromatic N) is 1. The van der Waals surface area contributed by atoms with Crippen LogP contribution in [0.25, 0.3) is 10.9 Å². The van der Waals surface area contributed by atoms with Crippen molar-refractivity contribution < 1.29 is 4.79 Å². The summed E-state index contributed by atoms with van der Waals surface area (Å²) in [4.78, 5) is 29.5. The van der Waals surface area contributed by atoms with Gasteiger partial charge in [0.25, 0.3) is 5.91 Å². The SMILES string of the molecule is O=C(c1cc(=O)c2ccccc2[nH]1)N1CCCCCC1. The highest BCUT2D eigenvalue weighted by Crippen LogP contribution is 2.13. The minimum absolute atomic E-state index is 0.0604. The molecule has 104 valence electrons. The van der Waals surface area contributed by atoms with E-state index in [1.54, 1.807) is 6.07 Å². The number of aromatic amines is 1. The number of H-pyrrole nitrogens is 1. The molecular weight excluding hydrogens is 252 g/mol. The Bertz CT molecular complexity index is 682. The van der Waals surface area contributed by atoms with E-state index in [4.69, 9.17) is 0 Å². The van der Waals surface area contributed by atoms with Gasteiger partial charge in [0.15, 0.2) is 5.43 Å². The fourth-order valence-electron chi connectivity index (χ4n) is 2.76. The van der Waals surface area contributed by atoms with Crippen molar-refractivity contribution in [3.8, 4) is 0 Å². The van der Waals surface area contributed by atoms with E-state index in [0.29, 0.717) is 11.1 Å². The summed E-state index contributed by atoms with van der Waals surface area (Å²) >= 11 is 0. The van der Waals surface area contributed by atoms with Gasteiger partial charge < -0.3 is 9.88 Å². The lowest BCUT2D eigenvalue weighted by atomic mass is 10.2. The number of likely N-dealkylation sites (tertiary alicyclic amines) is 1. The van der Waals surface area contributed by atoms with Crippen LogP contribution in [-0.2, 0) is 0 Å². The molecule has 1 saturated heterocycles. The monoisotopic (exact) mass is 270 g/mol. The molecule has 0 atom stereocenters. The first-order chi connectivity index (χ1) is 9.75. The predicted molar refractivity (Wildman–Crippen MR) is 78.9 cm³/mol. The number of fused-ring (bicyclic) bond motifs is 1. The number of pyridine rings is 1. The molecule has 1 fully saturated rings. The van der Waals surface area contributed by atoms with Gasteiger partial charge in [0, 0.05) is 30.1 Å². The maximum absolute atomic E-state index is 12.5. The number of para-hydroxylation sites is 1. The van der Waals surface area contributed by atoms with Crippen molar-refractivity contribution in [1.29, 1.82) is 0 Å². The van der Waals surface area contributed by atoms with E-state index in [-0.39, 0.29) is 11.3 Å². The number of hydrogen-bond donors (Lipinski definition) is 1. The molecule has 20 heavy (non-hydrogen) atoms. The normalized spacial score (nSPS) is 16.1. The fourth-order valence-corrected chi connectivity index (χ4v) is 2.76. The van der Waals surface area contributed by atoms with Gasteiger partial charge in [-0.05, 0) is 25.0 Å². The van der Waals surface area contributed by atoms with Gasteiger partial charge in [-0.25, -0.2) is 0 Å². The topological polar surface area (TPSA) is 53.2 Å². The third kappa shape index (κ3) is 2.46. The van der Waals surface area contributed by atoms with Crippen LogP contribution in [-0.4, -0.2) is 28.9 Å². The predicted octanol–water partition coefficient (Wildman–Crippen LogP) is 2.54. The minimum atomic E-state index is -0.0995. The summed E-state index contributed by atoms with van der Waals surface area (Å²) in [5, 5.41) is 0.625. The summed E-state index contributed by atoms with van der Waals surface area (Å²) in [7, 11) is 0. The number of carbonyl (C=O) groups excluding carboxylic acids is 1. The Balaban J connectivity index is 1.97. The molecule has 0 radical (unpaired) electrons. The second-order valence-corrected chi connectivity index (χ2v) is 5.30. The lowest BCUT2D eigenvalue weighted by Gasteiger charge is -2.20. The van der Waals surface area contributed by atoms with Crippen molar-refractivity contribution in [2.24, 2.45) is 0 Å². The highest BCUT2D eigenvalue weighted by atomic mass is 16.2. The molecule has 1 amide bonds. The van der Waals surface area contributed by atoms with Crippen molar-refractivity contribution in [2.45, 2.75) is 25.7 Å². The van der Waals surface area contributed by atoms with E-state index >= 15 is 0 Å². The summed E-state index contributed by atoms with van der Waals surface area (Å²) in [6.45, 7) is 1.57. The number of aromatic nitrogens is 1. The van der Waals surface area contributed by atoms with E-state index in [2.05, 4.69) is 4.98 Å². The van der Waals surface area contributed by atoms with Gasteiger partial charge in [-0.2, -0.15) is 0 Å². The number of amides is 1. The Morgan fingerprint density at radius 3 is 2.50 bits per heavy atom. The number of benzene rings is 1. The first-order valence-corrected chi connectivity index (χ1v) is 7.17. The molecule has 1 aliphatic heterocycles. The van der Waals surface area contributed by atoms with Crippen molar-refractivity contribution >= 4 is 16.8 Å². The average molecular weight is 270 g/mol. The molecule has 0 unspecified atom stereocenters. The number of nitrogens with one attached hydrogen (secondary N) is 1. The molecule has 4 nitrogen and oxygen atoms in total. The molecule has 4 heteroatoms. The van der Waals surface area contributed by atoms with Gasteiger partial charge in [0.05, 0.1) is 0 Å². The molecule has 1 N–H and O–H groups in total. The van der Waals surface area contributed by atoms with Gasteiger partial charge in [-0.15, -0.1) is 0 Å². The first kappa shape index (κ1) is 12.9. The van der Waals surface area contributed by atoms with Crippen LogP contribution in [0, 0.1) is 0 Å². The molecule has 0 aliphatic carbocycles. The maximum atomic E-state index is 12.5. The van der Waals surface area contributed by atoms with Crippen molar-refractivity contribution in [1.82, 2.24) is 9.88 Å². The lowest BCUT2D eigenvalue weighted by Crippen LogP contribution is -2.33. The van der Waals surface area contributed by atoms with E-state index in [1.165, 1.54) is 18.9 Å². The van der Waals surface area contributed by atoms with E-state index in [1.807, 2.05) is 23.1 Å². The molecule has 2 aromatic rings. The Hall–Kier alpha value is -2.10. The zero-order valence-corrected chi connectivity index (χ0v) is 11.4. The van der Waals surface area contributed by atoms with Crippen molar-refractivity contribution in [3.63, 3.8) is 0 Å². The smallest absolute Gasteiger partial charge is 0.270 e. The van der Waals surface area contributed by atoms with E-state index in [9.17, 15) is 9.59 Å². The number of rotatable bonds is 1. The van der Waals surface area contributed by atoms with Gasteiger partial charge in [0.1, 0.15) is 5.69 Å². The summed E-state index contributed by atoms with van der Waals surface area (Å²) in [6, 6.07) is 8.71. The molecular formula is C16H18N2O2. The third-order valence-corrected chi connectivity index (χ3v) is 3.86. The number of carbonyl (C=O) groups is 1. The van der Waals surface area contributed by atoms with E-state index < -0.39 is 0 Å². The summed E-state index contributed by atoms with van der Waals surface area (Å²) in [5.41, 5.74) is 1.02. The number of hydrogen-bond acceptors (Lipinski definition) is 2. The quantitative estimate of drug-likeness (QED) is 0.865. The van der Waals surface area contributed by atoms with Gasteiger partial charge in [0.2, 0.25) is 0 Å². The maximum Gasteiger partial charge on any atom is 0.270 e. The zero-order chi connectivity index (χ0) is 13.9. The Morgan fingerprint density at radius 1 is 1.05 bits per heavy atom. The second kappa shape index (κ2) is 5.49. The average Bonchev–Trinajstić information content (AvgIpc) is 2.75. The van der Waals surface area contributed by atoms with Crippen LogP contribution in [0.4, 0.5) is 0 Å². The Labute approximate surface area is 117 Å². The minimum Gasteiger partial charge on any atom is -0.350 e. The molecule has 0 saturated carbocycles. The van der Waals surface area contributed by atoms with Crippen molar-refractivity contribution in [3.05, 3.63) is 46.2 Å². The van der Waals surface area contributed by atoms with Crippen LogP contribution in [0.3, 0.4) is 0 Å². The van der Waals surface area contributed by atoms with Crippen LogP contribution >= 0.6 is 0 Å².